The molecule has 0 fully saturated rings. The number of fused-ring (bicyclic) bond motifs is 2. The Balaban J connectivity index is 0.00000308. The zero-order valence-corrected chi connectivity index (χ0v) is 34.1. The second-order valence-corrected chi connectivity index (χ2v) is 23.3. The van der Waals surface area contributed by atoms with Crippen molar-refractivity contribution >= 4 is 38.2 Å². The van der Waals surface area contributed by atoms with Gasteiger partial charge in [-0.25, -0.2) is 0 Å². The van der Waals surface area contributed by atoms with Crippen LogP contribution in [0.5, 0.6) is 11.5 Å². The minimum atomic E-state index is -2.03. The van der Waals surface area contributed by atoms with Crippen LogP contribution in [0.4, 0.5) is 0 Å². The Hall–Kier alpha value is -0.843. The van der Waals surface area contributed by atoms with Gasteiger partial charge in [0.25, 0.3) is 0 Å². The molecule has 0 heterocycles. The number of aryl methyl sites for hydroxylation is 2. The molecular weight excluding hydrogens is 683 g/mol. The van der Waals surface area contributed by atoms with E-state index in [9.17, 15) is 0 Å². The molecule has 43 heavy (non-hydrogen) atoms. The van der Waals surface area contributed by atoms with Crippen LogP contribution in [-0.4, -0.2) is 16.6 Å². The van der Waals surface area contributed by atoms with Crippen molar-refractivity contribution in [3.8, 4) is 11.5 Å². The van der Waals surface area contributed by atoms with E-state index in [0.717, 1.165) is 24.3 Å². The van der Waals surface area contributed by atoms with E-state index in [1.807, 2.05) is 0 Å². The van der Waals surface area contributed by atoms with Crippen molar-refractivity contribution in [3.05, 3.63) is 71.8 Å². The number of benzene rings is 2. The Labute approximate surface area is 295 Å². The summed E-state index contributed by atoms with van der Waals surface area (Å²) in [5.41, 5.74) is 2.65. The van der Waals surface area contributed by atoms with E-state index in [4.69, 9.17) is 8.85 Å². The third-order valence-corrected chi connectivity index (χ3v) is 18.5. The first-order valence-corrected chi connectivity index (χ1v) is 21.3. The van der Waals surface area contributed by atoms with Crippen molar-refractivity contribution in [3.63, 3.8) is 0 Å². The molecule has 0 aliphatic carbocycles. The van der Waals surface area contributed by atoms with Gasteiger partial charge in [-0.1, -0.05) is 77.6 Å². The number of rotatable bonds is 13. The molecular formula is C36H52Cl2O2Si2Zr. The Bertz CT molecular complexity index is 1340. The third kappa shape index (κ3) is 8.50. The van der Waals surface area contributed by atoms with Crippen LogP contribution in [0.25, 0.3) is 21.5 Å². The molecule has 4 rings (SSSR count). The summed E-state index contributed by atoms with van der Waals surface area (Å²) in [6, 6.07) is 22.2. The topological polar surface area (TPSA) is 18.5 Å². The van der Waals surface area contributed by atoms with E-state index in [-0.39, 0.29) is 61.1 Å². The van der Waals surface area contributed by atoms with E-state index in [1.165, 1.54) is 58.4 Å². The zero-order chi connectivity index (χ0) is 29.3. The van der Waals surface area contributed by atoms with Crippen molar-refractivity contribution < 1.29 is 59.9 Å². The van der Waals surface area contributed by atoms with Crippen molar-refractivity contribution in [2.75, 3.05) is 0 Å². The van der Waals surface area contributed by atoms with E-state index < -0.39 is 16.6 Å². The molecule has 4 aromatic rings. The average molecular weight is 735 g/mol. The van der Waals surface area contributed by atoms with E-state index in [1.54, 1.807) is 0 Å². The Morgan fingerprint density at radius 3 is 1.26 bits per heavy atom. The minimum Gasteiger partial charge on any atom is -1.00 e. The van der Waals surface area contributed by atoms with Gasteiger partial charge >= 0.3 is 26.2 Å². The fourth-order valence-electron chi connectivity index (χ4n) is 6.03. The maximum Gasteiger partial charge on any atom is 4.00 e. The van der Waals surface area contributed by atoms with Gasteiger partial charge in [-0.15, -0.1) is 70.1 Å². The van der Waals surface area contributed by atoms with Crippen molar-refractivity contribution in [1.29, 1.82) is 0 Å². The predicted molar refractivity (Wildman–Crippen MR) is 181 cm³/mol. The van der Waals surface area contributed by atoms with E-state index >= 15 is 0 Å². The largest absolute Gasteiger partial charge is 4.00 e. The summed E-state index contributed by atoms with van der Waals surface area (Å²) < 4.78 is 14.3. The number of hydrogen-bond donors (Lipinski definition) is 0. The molecule has 0 aromatic heterocycles. The van der Waals surface area contributed by atoms with Crippen LogP contribution in [0, 0.1) is 0 Å². The summed E-state index contributed by atoms with van der Waals surface area (Å²) in [5.74, 6) is 2.24. The average Bonchev–Trinajstić information content (AvgIpc) is 3.39. The van der Waals surface area contributed by atoms with Gasteiger partial charge < -0.3 is 33.7 Å². The van der Waals surface area contributed by atoms with Crippen LogP contribution in [0.1, 0.15) is 78.4 Å². The van der Waals surface area contributed by atoms with Gasteiger partial charge in [-0.3, -0.25) is 0 Å². The molecule has 0 spiro atoms. The van der Waals surface area contributed by atoms with Crippen LogP contribution in [-0.2, 0) is 39.0 Å². The monoisotopic (exact) mass is 732 g/mol. The second-order valence-electron chi connectivity index (χ2n) is 14.2. The molecule has 0 N–H and O–H groups in total. The van der Waals surface area contributed by atoms with Crippen LogP contribution in [0.15, 0.2) is 60.7 Å². The smallest absolute Gasteiger partial charge is 1.00 e. The Morgan fingerprint density at radius 1 is 0.605 bits per heavy atom. The maximum absolute atomic E-state index is 7.15. The first-order valence-electron chi connectivity index (χ1n) is 15.5. The third-order valence-electron chi connectivity index (χ3n) is 10.0. The van der Waals surface area contributed by atoms with Crippen LogP contribution >= 0.6 is 0 Å². The molecule has 0 aliphatic heterocycles. The summed E-state index contributed by atoms with van der Waals surface area (Å²) in [7, 11) is -4.06. The Morgan fingerprint density at radius 2 is 0.930 bits per heavy atom. The molecule has 234 valence electrons. The number of hydrogen-bond acceptors (Lipinski definition) is 2. The summed E-state index contributed by atoms with van der Waals surface area (Å²) >= 11 is 0. The molecule has 0 radical (unpaired) electrons. The fourth-order valence-corrected chi connectivity index (χ4v) is 9.79. The molecule has 0 aliphatic rings. The van der Waals surface area contributed by atoms with Gasteiger partial charge in [0.05, 0.1) is 0 Å². The van der Waals surface area contributed by atoms with E-state index in [0.29, 0.717) is 0 Å². The molecule has 0 saturated heterocycles. The van der Waals surface area contributed by atoms with Crippen LogP contribution in [0.2, 0.25) is 36.3 Å². The van der Waals surface area contributed by atoms with Crippen molar-refractivity contribution in [2.45, 2.75) is 116 Å². The summed E-state index contributed by atoms with van der Waals surface area (Å²) in [6.45, 7) is 23.8. The maximum atomic E-state index is 7.15. The SMILES string of the molecule is CCCC(C)(C)[Si](C)(C)Oc1c(CCc2[cH-]c3ccccc3c2O[Si](C)(C)C(C)(C)CCC)[cH-]c2ccccc12.[Cl-].[Cl-].[Zr+4]. The molecule has 0 saturated carbocycles. The molecule has 0 atom stereocenters. The predicted octanol–water partition coefficient (Wildman–Crippen LogP) is 5.55. The van der Waals surface area contributed by atoms with Crippen LogP contribution < -0.4 is 33.7 Å². The molecule has 0 amide bonds. The summed E-state index contributed by atoms with van der Waals surface area (Å²) in [5, 5.41) is 5.47. The number of halogens is 2. The van der Waals surface area contributed by atoms with Crippen LogP contribution in [0.3, 0.4) is 0 Å². The first kappa shape index (κ1) is 40.2. The van der Waals surface area contributed by atoms with Gasteiger partial charge in [0.15, 0.2) is 0 Å². The van der Waals surface area contributed by atoms with Gasteiger partial charge in [-0.2, -0.15) is 0 Å². The van der Waals surface area contributed by atoms with Gasteiger partial charge in [0.1, 0.15) is 0 Å². The molecule has 0 unspecified atom stereocenters. The molecule has 2 nitrogen and oxygen atoms in total. The first-order chi connectivity index (χ1) is 18.7. The molecule has 0 bridgehead atoms. The minimum absolute atomic E-state index is 0. The quantitative estimate of drug-likeness (QED) is 0.133. The molecule has 7 heteroatoms. The fraction of sp³-hybridized carbons (Fsp3) is 0.500. The van der Waals surface area contributed by atoms with Gasteiger partial charge in [0, 0.05) is 0 Å². The van der Waals surface area contributed by atoms with Gasteiger partial charge in [0.2, 0.25) is 16.6 Å². The van der Waals surface area contributed by atoms with Crippen molar-refractivity contribution in [1.82, 2.24) is 0 Å². The summed E-state index contributed by atoms with van der Waals surface area (Å²) in [4.78, 5) is 0. The molecule has 4 aromatic carbocycles. The van der Waals surface area contributed by atoms with Gasteiger partial charge in [-0.05, 0) is 73.4 Å². The second kappa shape index (κ2) is 15.6. The zero-order valence-electron chi connectivity index (χ0n) is 28.1. The van der Waals surface area contributed by atoms with E-state index in [2.05, 4.69) is 128 Å². The summed E-state index contributed by atoms with van der Waals surface area (Å²) in [6.07, 6.45) is 6.63. The van der Waals surface area contributed by atoms with Crippen molar-refractivity contribution in [2.24, 2.45) is 0 Å². The normalized spacial score (nSPS) is 12.4. The standard InChI is InChI=1S/C36H52O2Si2.2ClH.Zr/c1-11-23-35(3,4)39(7,8)37-33-29(25-27-17-13-15-19-31(27)33)21-22-30-26-28-18-14-16-20-32(28)34(30)38-40(9,10)36(5,6)24-12-2;;;/h13-20,25-26H,11-12,21-24H2,1-10H3;2*1H;/q-2;;;+4/p-2. The Kier molecular flexibility index (Phi) is 14.6.